The first-order valence-corrected chi connectivity index (χ1v) is 13.7. The lowest BCUT2D eigenvalue weighted by atomic mass is 9.89. The lowest BCUT2D eigenvalue weighted by Gasteiger charge is -2.49. The summed E-state index contributed by atoms with van der Waals surface area (Å²) in [7, 11) is -0.109. The molecule has 2 aromatic carbocycles. The Labute approximate surface area is 226 Å². The minimum atomic E-state index is -1.68. The molecule has 0 aromatic heterocycles. The van der Waals surface area contributed by atoms with Crippen molar-refractivity contribution in [2.75, 3.05) is 24.7 Å². The first-order chi connectivity index (χ1) is 18.2. The van der Waals surface area contributed by atoms with Crippen LogP contribution in [0.4, 0.5) is 19.3 Å². The van der Waals surface area contributed by atoms with Crippen LogP contribution in [0.5, 0.6) is 0 Å². The fourth-order valence-electron chi connectivity index (χ4n) is 5.63. The summed E-state index contributed by atoms with van der Waals surface area (Å²) in [6, 6.07) is 7.57. The van der Waals surface area contributed by atoms with Crippen molar-refractivity contribution in [1.82, 2.24) is 15.1 Å². The van der Waals surface area contributed by atoms with Crippen LogP contribution in [-0.2, 0) is 43.6 Å². The second kappa shape index (κ2) is 8.94. The van der Waals surface area contributed by atoms with Gasteiger partial charge in [0, 0.05) is 42.4 Å². The summed E-state index contributed by atoms with van der Waals surface area (Å²) in [6.45, 7) is 4.12. The van der Waals surface area contributed by atoms with E-state index in [1.807, 2.05) is 0 Å². The maximum atomic E-state index is 14.1. The molecule has 2 heterocycles. The second-order valence-corrected chi connectivity index (χ2v) is 13.1. The van der Waals surface area contributed by atoms with E-state index in [9.17, 15) is 32.2 Å². The number of benzene rings is 2. The van der Waals surface area contributed by atoms with Crippen molar-refractivity contribution in [2.24, 2.45) is 0 Å². The fraction of sp³-hybridized carbons (Fsp3) is 0.407. The summed E-state index contributed by atoms with van der Waals surface area (Å²) in [4.78, 5) is 53.9. The van der Waals surface area contributed by atoms with Crippen LogP contribution in [0.25, 0.3) is 0 Å². The van der Waals surface area contributed by atoms with E-state index < -0.39 is 62.6 Å². The van der Waals surface area contributed by atoms with Gasteiger partial charge in [-0.15, -0.1) is 0 Å². The van der Waals surface area contributed by atoms with Crippen molar-refractivity contribution in [2.45, 2.75) is 49.4 Å². The molecule has 2 saturated heterocycles. The standard InChI is InChI=1S/C27H28F2N4O5S/c1-25(2)23(36)33(26(3,14-39(25)38)17-8-18(28)10-19(29)9-17)13-21(34)30-20-6-5-15-11-27(12-16(15)7-20)22(35)31-24(37)32(27)4/h5-10H,11-14H2,1-4H3,(H,30,34)(H,31,35,37)/t26?,27-,39?/m0/s1. The quantitative estimate of drug-likeness (QED) is 0.559. The van der Waals surface area contributed by atoms with Crippen molar-refractivity contribution >= 4 is 40.2 Å². The van der Waals surface area contributed by atoms with E-state index >= 15 is 0 Å². The summed E-state index contributed by atoms with van der Waals surface area (Å²) in [5, 5.41) is 5.10. The average molecular weight is 559 g/mol. The van der Waals surface area contributed by atoms with E-state index in [4.69, 9.17) is 0 Å². The summed E-state index contributed by atoms with van der Waals surface area (Å²) in [5.41, 5.74) is -0.216. The van der Waals surface area contributed by atoms with Gasteiger partial charge in [-0.3, -0.25) is 23.9 Å². The van der Waals surface area contributed by atoms with Crippen LogP contribution in [0.15, 0.2) is 36.4 Å². The van der Waals surface area contributed by atoms with Gasteiger partial charge in [0.1, 0.15) is 28.5 Å². The number of carbonyl (C=O) groups is 4. The third kappa shape index (κ3) is 4.21. The van der Waals surface area contributed by atoms with Gasteiger partial charge in [0.15, 0.2) is 0 Å². The number of hydrogen-bond donors (Lipinski definition) is 2. The number of amides is 5. The molecule has 0 radical (unpaired) electrons. The molecule has 39 heavy (non-hydrogen) atoms. The molecule has 2 aliphatic heterocycles. The average Bonchev–Trinajstić information content (AvgIpc) is 3.33. The molecular formula is C27H28F2N4O5S. The van der Waals surface area contributed by atoms with Crippen LogP contribution in [0.1, 0.15) is 37.5 Å². The Morgan fingerprint density at radius 2 is 1.67 bits per heavy atom. The van der Waals surface area contributed by atoms with Gasteiger partial charge in [0.25, 0.3) is 5.91 Å². The number of nitrogens with one attached hydrogen (secondary N) is 2. The monoisotopic (exact) mass is 558 g/mol. The maximum absolute atomic E-state index is 14.1. The van der Waals surface area contributed by atoms with Gasteiger partial charge in [0.2, 0.25) is 11.8 Å². The third-order valence-electron chi connectivity index (χ3n) is 8.17. The Balaban J connectivity index is 1.40. The first kappa shape index (κ1) is 26.9. The highest BCUT2D eigenvalue weighted by molar-refractivity contribution is 7.87. The molecule has 2 aromatic rings. The molecule has 1 spiro atoms. The largest absolute Gasteiger partial charge is 0.325 e. The molecule has 3 atom stereocenters. The van der Waals surface area contributed by atoms with Crippen LogP contribution < -0.4 is 10.6 Å². The van der Waals surface area contributed by atoms with E-state index in [0.717, 1.165) is 23.3 Å². The number of likely N-dealkylation sites (N-methyl/N-ethyl adjacent to an activating group) is 1. The maximum Gasteiger partial charge on any atom is 0.324 e. The summed E-state index contributed by atoms with van der Waals surface area (Å²) in [6.07, 6.45) is 0.635. The van der Waals surface area contributed by atoms with Crippen LogP contribution in [0, 0.1) is 11.6 Å². The van der Waals surface area contributed by atoms with E-state index in [-0.39, 0.29) is 23.6 Å². The Hall–Kier alpha value is -3.67. The van der Waals surface area contributed by atoms with Gasteiger partial charge in [-0.2, -0.15) is 0 Å². The summed E-state index contributed by atoms with van der Waals surface area (Å²) < 4.78 is 39.9. The number of anilines is 1. The fourth-order valence-corrected chi connectivity index (χ4v) is 7.13. The number of hydrogen-bond acceptors (Lipinski definition) is 5. The van der Waals surface area contributed by atoms with Crippen LogP contribution in [0.2, 0.25) is 0 Å². The van der Waals surface area contributed by atoms with E-state index in [1.54, 1.807) is 32.2 Å². The summed E-state index contributed by atoms with van der Waals surface area (Å²) >= 11 is 0. The van der Waals surface area contributed by atoms with E-state index in [1.165, 1.54) is 23.6 Å². The zero-order chi connectivity index (χ0) is 28.5. The van der Waals surface area contributed by atoms with Gasteiger partial charge < -0.3 is 15.1 Å². The van der Waals surface area contributed by atoms with Crippen LogP contribution in [-0.4, -0.2) is 67.4 Å². The highest BCUT2D eigenvalue weighted by Crippen LogP contribution is 2.40. The van der Waals surface area contributed by atoms with Crippen molar-refractivity contribution in [1.29, 1.82) is 0 Å². The molecule has 9 nitrogen and oxygen atoms in total. The Morgan fingerprint density at radius 3 is 2.28 bits per heavy atom. The predicted octanol–water partition coefficient (Wildman–Crippen LogP) is 2.21. The molecule has 5 amide bonds. The number of imide groups is 1. The van der Waals surface area contributed by atoms with E-state index in [2.05, 4.69) is 10.6 Å². The van der Waals surface area contributed by atoms with Gasteiger partial charge in [0.05, 0.1) is 11.3 Å². The third-order valence-corrected chi connectivity index (χ3v) is 10.3. The number of fused-ring (bicyclic) bond motifs is 1. The molecule has 2 fully saturated rings. The molecule has 1 aliphatic carbocycles. The molecule has 2 unspecified atom stereocenters. The van der Waals surface area contributed by atoms with Gasteiger partial charge in [-0.05, 0) is 61.7 Å². The van der Waals surface area contributed by atoms with Crippen molar-refractivity contribution < 1.29 is 32.2 Å². The normalized spacial score (nSPS) is 27.6. The zero-order valence-corrected chi connectivity index (χ0v) is 22.7. The van der Waals surface area contributed by atoms with Gasteiger partial charge >= 0.3 is 6.03 Å². The molecular weight excluding hydrogens is 530 g/mol. The zero-order valence-electron chi connectivity index (χ0n) is 21.9. The number of urea groups is 1. The SMILES string of the molecule is CN1C(=O)NC(=O)[C@@]12Cc1ccc(NC(=O)CN3C(=O)C(C)(C)S(=O)CC3(C)c3cc(F)cc(F)c3)cc1C2. The summed E-state index contributed by atoms with van der Waals surface area (Å²) in [5.74, 6) is -3.32. The Kier molecular flexibility index (Phi) is 6.17. The van der Waals surface area contributed by atoms with Crippen molar-refractivity contribution in [3.05, 3.63) is 64.7 Å². The molecule has 0 bridgehead atoms. The van der Waals surface area contributed by atoms with Crippen LogP contribution in [0.3, 0.4) is 0 Å². The first-order valence-electron chi connectivity index (χ1n) is 12.4. The van der Waals surface area contributed by atoms with Crippen LogP contribution >= 0.6 is 0 Å². The molecule has 206 valence electrons. The minimum absolute atomic E-state index is 0.0985. The van der Waals surface area contributed by atoms with Gasteiger partial charge in [-0.1, -0.05) is 6.07 Å². The highest BCUT2D eigenvalue weighted by atomic mass is 32.2. The molecule has 0 saturated carbocycles. The lowest BCUT2D eigenvalue weighted by Crippen LogP contribution is -2.65. The smallest absolute Gasteiger partial charge is 0.324 e. The Morgan fingerprint density at radius 1 is 1.03 bits per heavy atom. The number of carbonyl (C=O) groups excluding carboxylic acids is 4. The molecule has 2 N–H and O–H groups in total. The Bertz CT molecular complexity index is 1460. The lowest BCUT2D eigenvalue weighted by molar-refractivity contribution is -0.143. The van der Waals surface area contributed by atoms with Crippen molar-refractivity contribution in [3.8, 4) is 0 Å². The predicted molar refractivity (Wildman–Crippen MR) is 139 cm³/mol. The van der Waals surface area contributed by atoms with Crippen molar-refractivity contribution in [3.63, 3.8) is 0 Å². The molecule has 5 rings (SSSR count). The van der Waals surface area contributed by atoms with Gasteiger partial charge in [-0.25, -0.2) is 13.6 Å². The minimum Gasteiger partial charge on any atom is -0.325 e. The number of halogens is 2. The molecule has 3 aliphatic rings. The highest BCUT2D eigenvalue weighted by Gasteiger charge is 2.55. The number of rotatable bonds is 4. The molecule has 12 heteroatoms. The topological polar surface area (TPSA) is 116 Å². The second-order valence-electron chi connectivity index (χ2n) is 11.1. The number of nitrogens with zero attached hydrogens (tertiary/aromatic N) is 2. The van der Waals surface area contributed by atoms with E-state index in [0.29, 0.717) is 18.2 Å².